The summed E-state index contributed by atoms with van der Waals surface area (Å²) in [7, 11) is 0. The molecule has 0 bridgehead atoms. The Morgan fingerprint density at radius 2 is 1.90 bits per heavy atom. The lowest BCUT2D eigenvalue weighted by molar-refractivity contribution is -0.121. The van der Waals surface area contributed by atoms with Crippen molar-refractivity contribution >= 4 is 17.5 Å². The first-order chi connectivity index (χ1) is 10.1. The lowest BCUT2D eigenvalue weighted by Crippen LogP contribution is -2.32. The zero-order valence-electron chi connectivity index (χ0n) is 11.3. The summed E-state index contributed by atoms with van der Waals surface area (Å²) in [6.07, 6.45) is 0.0858. The fraction of sp³-hybridized carbons (Fsp3) is 0.188. The van der Waals surface area contributed by atoms with Gasteiger partial charge in [0.15, 0.2) is 0 Å². The highest BCUT2D eigenvalue weighted by Crippen LogP contribution is 2.22. The first-order valence-corrected chi connectivity index (χ1v) is 6.90. The smallest absolute Gasteiger partial charge is 0.225 e. The number of carbonyl (C=O) groups excluding carboxylic acids is 1. The number of phenolic OH excluding ortho intramolecular Hbond substituents is 1. The van der Waals surface area contributed by atoms with Gasteiger partial charge in [-0.3, -0.25) is 4.79 Å². The molecular weight excluding hydrogens is 290 g/mol. The molecule has 1 amide bonds. The molecule has 0 aliphatic heterocycles. The standard InChI is InChI=1S/C16H16ClNO3/c17-14-9-13(20)7-6-12(14)8-16(21)18-15(10-19)11-4-2-1-3-5-11/h1-7,9,15,19-20H,8,10H2,(H,18,21)/t15-/m1/s1. The molecule has 110 valence electrons. The second-order valence-corrected chi connectivity index (χ2v) is 5.07. The minimum Gasteiger partial charge on any atom is -0.508 e. The maximum Gasteiger partial charge on any atom is 0.225 e. The van der Waals surface area contributed by atoms with E-state index in [9.17, 15) is 15.0 Å². The van der Waals surface area contributed by atoms with Crippen LogP contribution < -0.4 is 5.32 Å². The zero-order valence-corrected chi connectivity index (χ0v) is 12.0. The van der Waals surface area contributed by atoms with Crippen molar-refractivity contribution < 1.29 is 15.0 Å². The van der Waals surface area contributed by atoms with Gasteiger partial charge in [0.1, 0.15) is 5.75 Å². The van der Waals surface area contributed by atoms with Crippen molar-refractivity contribution in [2.75, 3.05) is 6.61 Å². The number of hydrogen-bond donors (Lipinski definition) is 3. The highest BCUT2D eigenvalue weighted by Gasteiger charge is 2.14. The van der Waals surface area contributed by atoms with Gasteiger partial charge in [0.25, 0.3) is 0 Å². The maximum absolute atomic E-state index is 12.0. The Morgan fingerprint density at radius 1 is 1.19 bits per heavy atom. The summed E-state index contributed by atoms with van der Waals surface area (Å²) >= 11 is 5.97. The number of benzene rings is 2. The lowest BCUT2D eigenvalue weighted by atomic mass is 10.1. The molecule has 5 heteroatoms. The van der Waals surface area contributed by atoms with Crippen molar-refractivity contribution in [3.63, 3.8) is 0 Å². The number of rotatable bonds is 5. The van der Waals surface area contributed by atoms with E-state index in [1.54, 1.807) is 6.07 Å². The van der Waals surface area contributed by atoms with E-state index < -0.39 is 6.04 Å². The first kappa shape index (κ1) is 15.4. The normalized spacial score (nSPS) is 11.9. The molecule has 0 radical (unpaired) electrons. The van der Waals surface area contributed by atoms with Gasteiger partial charge in [-0.05, 0) is 23.3 Å². The Morgan fingerprint density at radius 3 is 2.52 bits per heavy atom. The number of amides is 1. The molecule has 0 aliphatic rings. The zero-order chi connectivity index (χ0) is 15.2. The van der Waals surface area contributed by atoms with Gasteiger partial charge < -0.3 is 15.5 Å². The average Bonchev–Trinajstić information content (AvgIpc) is 2.48. The number of carbonyl (C=O) groups is 1. The van der Waals surface area contributed by atoms with E-state index in [1.807, 2.05) is 30.3 Å². The highest BCUT2D eigenvalue weighted by molar-refractivity contribution is 6.31. The van der Waals surface area contributed by atoms with Crippen LogP contribution in [0.25, 0.3) is 0 Å². The third kappa shape index (κ3) is 4.21. The van der Waals surface area contributed by atoms with Gasteiger partial charge >= 0.3 is 0 Å². The summed E-state index contributed by atoms with van der Waals surface area (Å²) in [5.74, 6) is -0.188. The van der Waals surface area contributed by atoms with Crippen molar-refractivity contribution in [3.05, 3.63) is 64.7 Å². The molecule has 0 unspecified atom stereocenters. The third-order valence-corrected chi connectivity index (χ3v) is 3.46. The number of nitrogens with one attached hydrogen (secondary N) is 1. The van der Waals surface area contributed by atoms with Crippen LogP contribution in [0.1, 0.15) is 17.2 Å². The Bertz CT molecular complexity index is 616. The molecule has 4 nitrogen and oxygen atoms in total. The minimum atomic E-state index is -0.449. The van der Waals surface area contributed by atoms with Gasteiger partial charge in [-0.2, -0.15) is 0 Å². The Kier molecular flexibility index (Phi) is 5.20. The van der Waals surface area contributed by atoms with Gasteiger partial charge in [-0.1, -0.05) is 48.0 Å². The lowest BCUT2D eigenvalue weighted by Gasteiger charge is -2.17. The topological polar surface area (TPSA) is 69.6 Å². The van der Waals surface area contributed by atoms with Crippen molar-refractivity contribution in [3.8, 4) is 5.75 Å². The largest absolute Gasteiger partial charge is 0.508 e. The van der Waals surface area contributed by atoms with Crippen LogP contribution in [0.3, 0.4) is 0 Å². The summed E-state index contributed by atoms with van der Waals surface area (Å²) in [5, 5.41) is 21.8. The van der Waals surface area contributed by atoms with Crippen LogP contribution in [-0.4, -0.2) is 22.7 Å². The van der Waals surface area contributed by atoms with Crippen LogP contribution in [0.2, 0.25) is 5.02 Å². The number of aliphatic hydroxyl groups is 1. The average molecular weight is 306 g/mol. The SMILES string of the molecule is O=C(Cc1ccc(O)cc1Cl)N[C@H](CO)c1ccccc1. The summed E-state index contributed by atoms with van der Waals surface area (Å²) in [5.41, 5.74) is 1.46. The van der Waals surface area contributed by atoms with E-state index in [1.165, 1.54) is 12.1 Å². The van der Waals surface area contributed by atoms with Gasteiger partial charge in [0.2, 0.25) is 5.91 Å². The molecule has 0 heterocycles. The van der Waals surface area contributed by atoms with Crippen LogP contribution in [-0.2, 0) is 11.2 Å². The van der Waals surface area contributed by atoms with Crippen molar-refractivity contribution in [1.29, 1.82) is 0 Å². The number of aromatic hydroxyl groups is 1. The summed E-state index contributed by atoms with van der Waals surface area (Å²) < 4.78 is 0. The van der Waals surface area contributed by atoms with E-state index >= 15 is 0 Å². The van der Waals surface area contributed by atoms with Crippen LogP contribution in [0.5, 0.6) is 5.75 Å². The molecule has 2 rings (SSSR count). The molecule has 0 saturated carbocycles. The van der Waals surface area contributed by atoms with E-state index in [-0.39, 0.29) is 24.7 Å². The van der Waals surface area contributed by atoms with Crippen LogP contribution in [0.4, 0.5) is 0 Å². The van der Waals surface area contributed by atoms with Crippen LogP contribution in [0.15, 0.2) is 48.5 Å². The first-order valence-electron chi connectivity index (χ1n) is 6.52. The molecule has 0 fully saturated rings. The fourth-order valence-electron chi connectivity index (χ4n) is 2.02. The van der Waals surface area contributed by atoms with E-state index in [2.05, 4.69) is 5.32 Å². The van der Waals surface area contributed by atoms with Crippen molar-refractivity contribution in [2.24, 2.45) is 0 Å². The Hall–Kier alpha value is -2.04. The summed E-state index contributed by atoms with van der Waals surface area (Å²) in [6.45, 7) is -0.181. The third-order valence-electron chi connectivity index (χ3n) is 3.11. The van der Waals surface area contributed by atoms with E-state index in [4.69, 9.17) is 11.6 Å². The molecule has 0 saturated heterocycles. The fourth-order valence-corrected chi connectivity index (χ4v) is 2.26. The predicted octanol–water partition coefficient (Wildman–Crippen LogP) is 2.44. The second-order valence-electron chi connectivity index (χ2n) is 4.67. The Balaban J connectivity index is 2.03. The van der Waals surface area contributed by atoms with Crippen LogP contribution >= 0.6 is 11.6 Å². The predicted molar refractivity (Wildman–Crippen MR) is 81.2 cm³/mol. The van der Waals surface area contributed by atoms with Gasteiger partial charge in [0, 0.05) is 5.02 Å². The molecule has 1 atom stereocenters. The number of halogens is 1. The van der Waals surface area contributed by atoms with Gasteiger partial charge in [-0.25, -0.2) is 0 Å². The quantitative estimate of drug-likeness (QED) is 0.794. The van der Waals surface area contributed by atoms with Crippen molar-refractivity contribution in [1.82, 2.24) is 5.32 Å². The summed E-state index contributed by atoms with van der Waals surface area (Å²) in [6, 6.07) is 13.3. The monoisotopic (exact) mass is 305 g/mol. The maximum atomic E-state index is 12.0. The number of hydrogen-bond acceptors (Lipinski definition) is 3. The van der Waals surface area contributed by atoms with Crippen LogP contribution in [0, 0.1) is 0 Å². The van der Waals surface area contributed by atoms with E-state index in [0.717, 1.165) is 5.56 Å². The number of phenols is 1. The molecule has 0 aliphatic carbocycles. The summed E-state index contributed by atoms with van der Waals surface area (Å²) in [4.78, 5) is 12.0. The van der Waals surface area contributed by atoms with Gasteiger partial charge in [-0.15, -0.1) is 0 Å². The molecule has 21 heavy (non-hydrogen) atoms. The van der Waals surface area contributed by atoms with E-state index in [0.29, 0.717) is 10.6 Å². The second kappa shape index (κ2) is 7.11. The molecule has 3 N–H and O–H groups in total. The molecule has 0 spiro atoms. The molecular formula is C16H16ClNO3. The minimum absolute atomic E-state index is 0.0571. The highest BCUT2D eigenvalue weighted by atomic mass is 35.5. The van der Waals surface area contributed by atoms with Gasteiger partial charge in [0.05, 0.1) is 19.1 Å². The Labute approximate surface area is 128 Å². The molecule has 2 aromatic rings. The molecule has 2 aromatic carbocycles. The number of aliphatic hydroxyl groups excluding tert-OH is 1. The molecule has 0 aromatic heterocycles. The van der Waals surface area contributed by atoms with Crippen molar-refractivity contribution in [2.45, 2.75) is 12.5 Å².